The maximum atomic E-state index is 13.5. The number of halogens is 3. The van der Waals surface area contributed by atoms with Crippen molar-refractivity contribution in [1.82, 2.24) is 0 Å². The van der Waals surface area contributed by atoms with Crippen LogP contribution in [0.25, 0.3) is 0 Å². The molecule has 1 aliphatic carbocycles. The maximum Gasteiger partial charge on any atom is 0.348 e. The van der Waals surface area contributed by atoms with E-state index in [0.29, 0.717) is 12.8 Å². The van der Waals surface area contributed by atoms with Crippen LogP contribution in [0.3, 0.4) is 0 Å². The van der Waals surface area contributed by atoms with Crippen molar-refractivity contribution in [3.05, 3.63) is 76.4 Å². The number of carbonyl (C=O) groups excluding carboxylic acids is 3. The van der Waals surface area contributed by atoms with Crippen LogP contribution >= 0.6 is 67.8 Å². The third kappa shape index (κ3) is 8.38. The molecular weight excluding hydrogens is 921 g/mol. The predicted octanol–water partition coefficient (Wildman–Crippen LogP) is 5.71. The fraction of sp³-hybridized carbons (Fsp3) is 0.207. The van der Waals surface area contributed by atoms with Gasteiger partial charge >= 0.3 is 17.9 Å². The molecule has 0 aliphatic heterocycles. The first kappa shape index (κ1) is 33.4. The molecule has 1 fully saturated rings. The Morgan fingerprint density at radius 2 is 1.51 bits per heavy atom. The van der Waals surface area contributed by atoms with E-state index in [-0.39, 0.29) is 35.5 Å². The van der Waals surface area contributed by atoms with Crippen LogP contribution < -0.4 is 14.2 Å². The molecule has 0 heterocycles. The molecule has 0 saturated heterocycles. The van der Waals surface area contributed by atoms with Gasteiger partial charge in [-0.2, -0.15) is 0 Å². The molecule has 1 aliphatic rings. The Morgan fingerprint density at radius 1 is 0.907 bits per heavy atom. The predicted molar refractivity (Wildman–Crippen MR) is 177 cm³/mol. The van der Waals surface area contributed by atoms with Crippen molar-refractivity contribution < 1.29 is 46.3 Å². The minimum atomic E-state index is -4.79. The van der Waals surface area contributed by atoms with Gasteiger partial charge in [0.15, 0.2) is 12.2 Å². The quantitative estimate of drug-likeness (QED) is 0.0861. The van der Waals surface area contributed by atoms with Crippen LogP contribution in [0, 0.1) is 23.1 Å². The van der Waals surface area contributed by atoms with Gasteiger partial charge in [0, 0.05) is 10.7 Å². The molecule has 4 rings (SSSR count). The summed E-state index contributed by atoms with van der Waals surface area (Å²) in [5.74, 6) is -0.257. The molecule has 0 atom stereocenters. The zero-order chi connectivity index (χ0) is 31.4. The number of ether oxygens (including phenoxy) is 4. The summed E-state index contributed by atoms with van der Waals surface area (Å²) in [5, 5.41) is 0. The highest BCUT2D eigenvalue weighted by molar-refractivity contribution is 14.1. The minimum absolute atomic E-state index is 0.0299. The molecular formula is C29H20I3O10S-. The Morgan fingerprint density at radius 3 is 2.09 bits per heavy atom. The van der Waals surface area contributed by atoms with Crippen molar-refractivity contribution in [2.75, 3.05) is 6.61 Å². The number of hydrogen-bond donors (Lipinski definition) is 0. The van der Waals surface area contributed by atoms with Crippen LogP contribution in [0.5, 0.6) is 17.2 Å². The van der Waals surface area contributed by atoms with Crippen LogP contribution in [-0.2, 0) is 19.6 Å². The van der Waals surface area contributed by atoms with Crippen molar-refractivity contribution in [3.8, 4) is 29.6 Å². The summed E-state index contributed by atoms with van der Waals surface area (Å²) in [4.78, 5) is 39.0. The van der Waals surface area contributed by atoms with Crippen LogP contribution in [-0.4, -0.2) is 43.1 Å². The van der Waals surface area contributed by atoms with Gasteiger partial charge in [0.25, 0.3) is 0 Å². The molecule has 43 heavy (non-hydrogen) atoms. The molecule has 3 aromatic carbocycles. The van der Waals surface area contributed by atoms with Crippen molar-refractivity contribution in [3.63, 3.8) is 0 Å². The van der Waals surface area contributed by atoms with Crippen molar-refractivity contribution in [2.24, 2.45) is 0 Å². The van der Waals surface area contributed by atoms with Crippen LogP contribution in [0.15, 0.2) is 59.5 Å². The van der Waals surface area contributed by atoms with Gasteiger partial charge in [0.1, 0.15) is 32.9 Å². The van der Waals surface area contributed by atoms with Gasteiger partial charge in [-0.15, -0.1) is 6.42 Å². The van der Waals surface area contributed by atoms with E-state index in [4.69, 9.17) is 25.4 Å². The average Bonchev–Trinajstić information content (AvgIpc) is 3.40. The fourth-order valence-electron chi connectivity index (χ4n) is 4.30. The van der Waals surface area contributed by atoms with Crippen LogP contribution in [0.1, 0.15) is 46.4 Å². The number of carbonyl (C=O) groups is 3. The lowest BCUT2D eigenvalue weighted by atomic mass is 10.0. The van der Waals surface area contributed by atoms with Crippen molar-refractivity contribution in [2.45, 2.75) is 36.2 Å². The van der Waals surface area contributed by atoms with E-state index in [1.165, 1.54) is 30.3 Å². The summed E-state index contributed by atoms with van der Waals surface area (Å²) in [7, 11) is -4.79. The van der Waals surface area contributed by atoms with Gasteiger partial charge in [-0.25, -0.2) is 22.8 Å². The monoisotopic (exact) mass is 941 g/mol. The third-order valence-electron chi connectivity index (χ3n) is 6.24. The molecule has 10 nitrogen and oxygen atoms in total. The largest absolute Gasteiger partial charge is 0.744 e. The molecule has 14 heteroatoms. The zero-order valence-electron chi connectivity index (χ0n) is 21.9. The van der Waals surface area contributed by atoms with E-state index in [2.05, 4.69) is 28.5 Å². The first-order valence-electron chi connectivity index (χ1n) is 12.4. The van der Waals surface area contributed by atoms with E-state index < -0.39 is 45.1 Å². The van der Waals surface area contributed by atoms with E-state index in [0.717, 1.165) is 16.4 Å². The Labute approximate surface area is 288 Å². The lowest BCUT2D eigenvalue weighted by Gasteiger charge is -2.23. The summed E-state index contributed by atoms with van der Waals surface area (Å²) in [6.45, 7) is -0.620. The van der Waals surface area contributed by atoms with E-state index in [9.17, 15) is 27.4 Å². The minimum Gasteiger partial charge on any atom is -0.744 e. The molecule has 0 amide bonds. The van der Waals surface area contributed by atoms with Gasteiger partial charge in [0.05, 0.1) is 10.5 Å². The number of hydrogen-bond acceptors (Lipinski definition) is 10. The van der Waals surface area contributed by atoms with Gasteiger partial charge < -0.3 is 23.5 Å². The topological polar surface area (TPSA) is 145 Å². The van der Waals surface area contributed by atoms with E-state index >= 15 is 0 Å². The van der Waals surface area contributed by atoms with Crippen LogP contribution in [0.2, 0.25) is 0 Å². The van der Waals surface area contributed by atoms with E-state index in [1.807, 2.05) is 0 Å². The molecule has 0 bridgehead atoms. The molecule has 0 radical (unpaired) electrons. The first-order valence-corrected chi connectivity index (χ1v) is 17.1. The summed E-state index contributed by atoms with van der Waals surface area (Å²) in [6.07, 6.45) is 8.29. The molecule has 0 unspecified atom stereocenters. The fourth-order valence-corrected chi connectivity index (χ4v) is 8.58. The highest BCUT2D eigenvalue weighted by Gasteiger charge is 2.36. The van der Waals surface area contributed by atoms with Crippen LogP contribution in [0.4, 0.5) is 0 Å². The zero-order valence-corrected chi connectivity index (χ0v) is 29.2. The Kier molecular flexibility index (Phi) is 11.0. The average molecular weight is 941 g/mol. The third-order valence-corrected chi connectivity index (χ3v) is 10.3. The Hall–Kier alpha value is -2.47. The molecule has 224 valence electrons. The summed E-state index contributed by atoms with van der Waals surface area (Å²) < 4.78 is 58.0. The molecule has 0 aromatic heterocycles. The second-order valence-corrected chi connectivity index (χ2v) is 14.1. The molecule has 0 N–H and O–H groups in total. The number of terminal acetylenes is 1. The number of rotatable bonds is 9. The van der Waals surface area contributed by atoms with Gasteiger partial charge in [0.2, 0.25) is 0 Å². The standard InChI is InChI=1S/C29H21I3O10S/c1-2-29(12-3-4-13-29)42-24(33)16-39-23-7-5-6-20(27(34)40-18-10-8-17(30)9-11-18)25(23)28(35)41-19-14-21(31)26(22(32)15-19)43(36,37)38/h1,5-11,14-15H,3-4,12-13,16H2,(H,36,37,38)/p-1. The highest BCUT2D eigenvalue weighted by Crippen LogP contribution is 2.34. The van der Waals surface area contributed by atoms with Gasteiger partial charge in [-0.05, 0) is 142 Å². The summed E-state index contributed by atoms with van der Waals surface area (Å²) >= 11 is 5.38. The smallest absolute Gasteiger partial charge is 0.348 e. The SMILES string of the molecule is C#CC1(OC(=O)COc2cccc(C(=O)Oc3ccc(I)cc3)c2C(=O)Oc2cc(I)c(S(=O)(=O)[O-])c(I)c2)CCCC1. The summed E-state index contributed by atoms with van der Waals surface area (Å²) in [6, 6.07) is 13.1. The second-order valence-electron chi connectivity index (χ2n) is 9.19. The lowest BCUT2D eigenvalue weighted by Crippen LogP contribution is -2.32. The summed E-state index contributed by atoms with van der Waals surface area (Å²) in [5.41, 5.74) is -1.60. The van der Waals surface area contributed by atoms with Crippen molar-refractivity contribution in [1.29, 1.82) is 0 Å². The van der Waals surface area contributed by atoms with Gasteiger partial charge in [-0.1, -0.05) is 12.0 Å². The number of benzene rings is 3. The Balaban J connectivity index is 1.66. The molecule has 3 aromatic rings. The second kappa shape index (κ2) is 14.1. The number of esters is 3. The lowest BCUT2D eigenvalue weighted by molar-refractivity contribution is -0.156. The van der Waals surface area contributed by atoms with Crippen molar-refractivity contribution >= 4 is 95.8 Å². The molecule has 1 saturated carbocycles. The van der Waals surface area contributed by atoms with Gasteiger partial charge in [-0.3, -0.25) is 0 Å². The Bertz CT molecular complexity index is 1700. The highest BCUT2D eigenvalue weighted by atomic mass is 127. The first-order chi connectivity index (χ1) is 20.3. The maximum absolute atomic E-state index is 13.5. The molecule has 0 spiro atoms. The normalized spacial score (nSPS) is 13.9. The van der Waals surface area contributed by atoms with E-state index in [1.54, 1.807) is 69.4 Å².